The van der Waals surface area contributed by atoms with Gasteiger partial charge in [0.05, 0.1) is 24.6 Å². The number of halogens is 1. The summed E-state index contributed by atoms with van der Waals surface area (Å²) in [5, 5.41) is 4.90. The van der Waals surface area contributed by atoms with Crippen molar-refractivity contribution in [1.29, 1.82) is 0 Å². The smallest absolute Gasteiger partial charge is 0.337 e. The first-order valence-electron chi connectivity index (χ1n) is 7.89. The number of ether oxygens (including phenoxy) is 1. The Bertz CT molecular complexity index is 723. The molecule has 2 aromatic rings. The van der Waals surface area contributed by atoms with Crippen LogP contribution in [0.25, 0.3) is 0 Å². The highest BCUT2D eigenvalue weighted by Crippen LogP contribution is 2.22. The van der Waals surface area contributed by atoms with Crippen molar-refractivity contribution in [3.8, 4) is 0 Å². The monoisotopic (exact) mass is 348 g/mol. The normalized spacial score (nSPS) is 15.5. The van der Waals surface area contributed by atoms with Gasteiger partial charge in [-0.1, -0.05) is 11.6 Å². The Labute approximate surface area is 146 Å². The van der Waals surface area contributed by atoms with Gasteiger partial charge in [0.15, 0.2) is 0 Å². The van der Waals surface area contributed by atoms with Crippen LogP contribution in [0, 0.1) is 0 Å². The fourth-order valence-corrected chi connectivity index (χ4v) is 3.09. The maximum absolute atomic E-state index is 11.7. The van der Waals surface area contributed by atoms with Crippen LogP contribution in [0.15, 0.2) is 30.6 Å². The molecular formula is C17H21ClN4O2. The predicted molar refractivity (Wildman–Crippen MR) is 93.5 cm³/mol. The van der Waals surface area contributed by atoms with Gasteiger partial charge in [-0.3, -0.25) is 9.58 Å². The molecule has 3 rings (SSSR count). The summed E-state index contributed by atoms with van der Waals surface area (Å²) in [5.74, 6) is -0.339. The van der Waals surface area contributed by atoms with Crippen LogP contribution < -0.4 is 4.90 Å². The van der Waals surface area contributed by atoms with Crippen LogP contribution in [-0.2, 0) is 18.3 Å². The number of carbonyl (C=O) groups excluding carboxylic acids is 1. The fourth-order valence-electron chi connectivity index (χ4n) is 2.92. The highest BCUT2D eigenvalue weighted by atomic mass is 35.5. The van der Waals surface area contributed by atoms with Gasteiger partial charge < -0.3 is 9.64 Å². The molecule has 24 heavy (non-hydrogen) atoms. The second-order valence-corrected chi connectivity index (χ2v) is 6.34. The van der Waals surface area contributed by atoms with Crippen molar-refractivity contribution in [1.82, 2.24) is 14.7 Å². The van der Waals surface area contributed by atoms with Crippen molar-refractivity contribution in [3.63, 3.8) is 0 Å². The molecule has 1 saturated heterocycles. The molecular weight excluding hydrogens is 328 g/mol. The summed E-state index contributed by atoms with van der Waals surface area (Å²) in [4.78, 5) is 16.3. The van der Waals surface area contributed by atoms with Crippen LogP contribution in [0.4, 0.5) is 5.69 Å². The Kier molecular flexibility index (Phi) is 5.06. The first-order chi connectivity index (χ1) is 11.6. The maximum atomic E-state index is 11.7. The number of benzene rings is 1. The molecule has 0 bridgehead atoms. The molecule has 1 aliphatic heterocycles. The van der Waals surface area contributed by atoms with Gasteiger partial charge in [0.2, 0.25) is 0 Å². The molecule has 0 atom stereocenters. The fraction of sp³-hybridized carbons (Fsp3) is 0.412. The van der Waals surface area contributed by atoms with Crippen LogP contribution in [-0.4, -0.2) is 53.9 Å². The third-order valence-electron chi connectivity index (χ3n) is 4.29. The number of rotatable bonds is 4. The van der Waals surface area contributed by atoms with Crippen molar-refractivity contribution in [2.75, 3.05) is 38.2 Å². The lowest BCUT2D eigenvalue weighted by Crippen LogP contribution is -2.45. The summed E-state index contributed by atoms with van der Waals surface area (Å²) in [5.41, 5.74) is 2.64. The van der Waals surface area contributed by atoms with E-state index in [0.29, 0.717) is 10.6 Å². The molecule has 0 radical (unpaired) electrons. The summed E-state index contributed by atoms with van der Waals surface area (Å²) in [6.07, 6.45) is 3.93. The van der Waals surface area contributed by atoms with Crippen molar-refractivity contribution in [3.05, 3.63) is 46.7 Å². The Morgan fingerprint density at radius 2 is 2.04 bits per heavy atom. The van der Waals surface area contributed by atoms with E-state index in [1.807, 2.05) is 30.2 Å². The van der Waals surface area contributed by atoms with Gasteiger partial charge in [0.1, 0.15) is 0 Å². The second-order valence-electron chi connectivity index (χ2n) is 5.93. The number of hydrogen-bond acceptors (Lipinski definition) is 5. The molecule has 7 heteroatoms. The van der Waals surface area contributed by atoms with Crippen molar-refractivity contribution < 1.29 is 9.53 Å². The van der Waals surface area contributed by atoms with E-state index < -0.39 is 0 Å². The number of aromatic nitrogens is 2. The third kappa shape index (κ3) is 3.71. The minimum atomic E-state index is -0.339. The first-order valence-corrected chi connectivity index (χ1v) is 8.27. The molecule has 6 nitrogen and oxygen atoms in total. The van der Waals surface area contributed by atoms with Crippen LogP contribution in [0.3, 0.4) is 0 Å². The molecule has 1 aliphatic rings. The average molecular weight is 349 g/mol. The number of hydrogen-bond donors (Lipinski definition) is 0. The summed E-state index contributed by atoms with van der Waals surface area (Å²) in [6, 6.07) is 5.27. The van der Waals surface area contributed by atoms with Gasteiger partial charge in [-0.15, -0.1) is 0 Å². The minimum Gasteiger partial charge on any atom is -0.465 e. The van der Waals surface area contributed by atoms with E-state index in [9.17, 15) is 4.79 Å². The number of piperazine rings is 1. The van der Waals surface area contributed by atoms with Gasteiger partial charge in [0, 0.05) is 51.0 Å². The molecule has 1 aromatic heterocycles. The number of aryl methyl sites for hydroxylation is 1. The summed E-state index contributed by atoms with van der Waals surface area (Å²) >= 11 is 6.29. The molecule has 2 heterocycles. The Morgan fingerprint density at radius 1 is 1.29 bits per heavy atom. The molecule has 128 valence electrons. The Morgan fingerprint density at radius 3 is 2.67 bits per heavy atom. The molecule has 0 aliphatic carbocycles. The van der Waals surface area contributed by atoms with E-state index in [4.69, 9.17) is 16.3 Å². The van der Waals surface area contributed by atoms with Crippen LogP contribution >= 0.6 is 11.6 Å². The quantitative estimate of drug-likeness (QED) is 0.793. The average Bonchev–Trinajstić information content (AvgIpc) is 3.03. The highest BCUT2D eigenvalue weighted by Gasteiger charge is 2.19. The standard InChI is InChI=1S/C17H21ClN4O2/c1-20-12-15(10-19-20)22-7-5-21(6-8-22)11-14-9-13(17(23)24-2)3-4-16(14)18/h3-4,9-10,12H,5-8,11H2,1-2H3. The predicted octanol–water partition coefficient (Wildman–Crippen LogP) is 2.18. The van der Waals surface area contributed by atoms with Gasteiger partial charge in [0.25, 0.3) is 0 Å². The van der Waals surface area contributed by atoms with Crippen LogP contribution in [0.5, 0.6) is 0 Å². The third-order valence-corrected chi connectivity index (χ3v) is 4.66. The largest absolute Gasteiger partial charge is 0.465 e. The molecule has 0 N–H and O–H groups in total. The van der Waals surface area contributed by atoms with Gasteiger partial charge in [-0.25, -0.2) is 4.79 Å². The SMILES string of the molecule is COC(=O)c1ccc(Cl)c(CN2CCN(c3cnn(C)c3)CC2)c1. The zero-order valence-corrected chi connectivity index (χ0v) is 14.7. The molecule has 0 saturated carbocycles. The lowest BCUT2D eigenvalue weighted by atomic mass is 10.1. The van der Waals surface area contributed by atoms with E-state index in [1.165, 1.54) is 7.11 Å². The lowest BCUT2D eigenvalue weighted by Gasteiger charge is -2.35. The van der Waals surface area contributed by atoms with Crippen molar-refractivity contribution in [2.24, 2.45) is 7.05 Å². The van der Waals surface area contributed by atoms with Crippen molar-refractivity contribution in [2.45, 2.75) is 6.54 Å². The Balaban J connectivity index is 1.62. The van der Waals surface area contributed by atoms with E-state index >= 15 is 0 Å². The zero-order valence-electron chi connectivity index (χ0n) is 13.9. The lowest BCUT2D eigenvalue weighted by molar-refractivity contribution is 0.0600. The van der Waals surface area contributed by atoms with Gasteiger partial charge >= 0.3 is 5.97 Å². The highest BCUT2D eigenvalue weighted by molar-refractivity contribution is 6.31. The van der Waals surface area contributed by atoms with E-state index in [1.54, 1.807) is 12.1 Å². The van der Waals surface area contributed by atoms with Crippen molar-refractivity contribution >= 4 is 23.3 Å². The molecule has 0 unspecified atom stereocenters. The van der Waals surface area contributed by atoms with Gasteiger partial charge in [-0.05, 0) is 23.8 Å². The number of methoxy groups -OCH3 is 1. The summed E-state index contributed by atoms with van der Waals surface area (Å²) < 4.78 is 6.60. The first kappa shape index (κ1) is 16.8. The number of carbonyl (C=O) groups is 1. The Hall–Kier alpha value is -2.05. The van der Waals surface area contributed by atoms with Crippen LogP contribution in [0.1, 0.15) is 15.9 Å². The number of nitrogens with zero attached hydrogens (tertiary/aromatic N) is 4. The van der Waals surface area contributed by atoms with E-state index in [2.05, 4.69) is 14.9 Å². The molecule has 1 aromatic carbocycles. The van der Waals surface area contributed by atoms with Crippen LogP contribution in [0.2, 0.25) is 5.02 Å². The number of esters is 1. The zero-order chi connectivity index (χ0) is 17.1. The molecule has 0 amide bonds. The van der Waals surface area contributed by atoms with Gasteiger partial charge in [-0.2, -0.15) is 5.10 Å². The van der Waals surface area contributed by atoms with E-state index in [-0.39, 0.29) is 5.97 Å². The second kappa shape index (κ2) is 7.23. The summed E-state index contributed by atoms with van der Waals surface area (Å²) in [7, 11) is 3.31. The summed E-state index contributed by atoms with van der Waals surface area (Å²) in [6.45, 7) is 4.49. The maximum Gasteiger partial charge on any atom is 0.337 e. The topological polar surface area (TPSA) is 50.6 Å². The minimum absolute atomic E-state index is 0.339. The van der Waals surface area contributed by atoms with E-state index in [0.717, 1.165) is 44.0 Å². The number of anilines is 1. The molecule has 0 spiro atoms. The molecule has 1 fully saturated rings.